The van der Waals surface area contributed by atoms with Crippen molar-refractivity contribution < 1.29 is 9.84 Å². The molecule has 0 amide bonds. The number of methoxy groups -OCH3 is 1. The number of ether oxygens (including phenoxy) is 1. The Morgan fingerprint density at radius 2 is 2.11 bits per heavy atom. The van der Waals surface area contributed by atoms with Gasteiger partial charge in [-0.15, -0.1) is 5.10 Å². The van der Waals surface area contributed by atoms with E-state index in [9.17, 15) is 5.11 Å². The highest BCUT2D eigenvalue weighted by atomic mass is 35.5. The summed E-state index contributed by atoms with van der Waals surface area (Å²) < 4.78 is 6.65. The van der Waals surface area contributed by atoms with Crippen molar-refractivity contribution in [1.29, 1.82) is 0 Å². The van der Waals surface area contributed by atoms with Crippen molar-refractivity contribution in [3.8, 4) is 11.4 Å². The molecule has 0 aliphatic carbocycles. The largest absolute Gasteiger partial charge is 0.497 e. The molecule has 5 nitrogen and oxygen atoms in total. The highest BCUT2D eigenvalue weighted by molar-refractivity contribution is 6.32. The number of aliphatic hydroxyl groups is 1. The first-order valence-electron chi connectivity index (χ1n) is 5.41. The van der Waals surface area contributed by atoms with Gasteiger partial charge in [-0.2, -0.15) is 0 Å². The van der Waals surface area contributed by atoms with Crippen LogP contribution in [0.3, 0.4) is 0 Å². The molecule has 0 spiro atoms. The van der Waals surface area contributed by atoms with Crippen LogP contribution >= 0.6 is 11.6 Å². The second kappa shape index (κ2) is 4.59. The second-order valence-corrected chi connectivity index (χ2v) is 4.83. The van der Waals surface area contributed by atoms with E-state index in [2.05, 4.69) is 10.3 Å². The van der Waals surface area contributed by atoms with Crippen LogP contribution in [-0.2, 0) is 5.60 Å². The van der Waals surface area contributed by atoms with Crippen LogP contribution in [0.25, 0.3) is 5.69 Å². The van der Waals surface area contributed by atoms with Crippen LogP contribution in [0, 0.1) is 0 Å². The summed E-state index contributed by atoms with van der Waals surface area (Å²) >= 11 is 6.10. The first-order chi connectivity index (χ1) is 8.41. The normalized spacial score (nSPS) is 11.6. The van der Waals surface area contributed by atoms with Gasteiger partial charge in [-0.25, -0.2) is 4.68 Å². The highest BCUT2D eigenvalue weighted by Crippen LogP contribution is 2.26. The molecule has 1 aromatic heterocycles. The van der Waals surface area contributed by atoms with Crippen LogP contribution in [-0.4, -0.2) is 27.2 Å². The molecular formula is C12H14ClN3O2. The molecule has 1 aromatic carbocycles. The van der Waals surface area contributed by atoms with Crippen LogP contribution < -0.4 is 4.74 Å². The standard InChI is InChI=1S/C12H14ClN3O2/c1-12(2,17)11-7-16(15-14-11)10-6-8(18-3)4-5-9(10)13/h4-7,17H,1-3H3. The third kappa shape index (κ3) is 2.47. The molecule has 0 saturated carbocycles. The molecule has 0 fully saturated rings. The van der Waals surface area contributed by atoms with Gasteiger partial charge < -0.3 is 9.84 Å². The minimum atomic E-state index is -1.04. The van der Waals surface area contributed by atoms with E-state index in [4.69, 9.17) is 16.3 Å². The summed E-state index contributed by atoms with van der Waals surface area (Å²) in [4.78, 5) is 0. The second-order valence-electron chi connectivity index (χ2n) is 4.42. The molecular weight excluding hydrogens is 254 g/mol. The maximum atomic E-state index is 9.85. The van der Waals surface area contributed by atoms with Gasteiger partial charge in [0.05, 0.1) is 24.0 Å². The van der Waals surface area contributed by atoms with E-state index in [-0.39, 0.29) is 0 Å². The Balaban J connectivity index is 2.45. The zero-order valence-electron chi connectivity index (χ0n) is 10.4. The lowest BCUT2D eigenvalue weighted by Crippen LogP contribution is -2.15. The van der Waals surface area contributed by atoms with Crippen molar-refractivity contribution in [3.63, 3.8) is 0 Å². The summed E-state index contributed by atoms with van der Waals surface area (Å²) in [5, 5.41) is 18.3. The van der Waals surface area contributed by atoms with Gasteiger partial charge in [0.15, 0.2) is 0 Å². The van der Waals surface area contributed by atoms with Gasteiger partial charge in [-0.05, 0) is 26.0 Å². The highest BCUT2D eigenvalue weighted by Gasteiger charge is 2.21. The quantitative estimate of drug-likeness (QED) is 0.926. The van der Waals surface area contributed by atoms with Crippen molar-refractivity contribution in [2.45, 2.75) is 19.4 Å². The molecule has 6 heteroatoms. The van der Waals surface area contributed by atoms with Gasteiger partial charge in [-0.3, -0.25) is 0 Å². The fourth-order valence-electron chi connectivity index (χ4n) is 1.46. The predicted octanol–water partition coefficient (Wildman–Crippen LogP) is 2.16. The Morgan fingerprint density at radius 1 is 1.39 bits per heavy atom. The number of hydrogen-bond acceptors (Lipinski definition) is 4. The van der Waals surface area contributed by atoms with Gasteiger partial charge in [-0.1, -0.05) is 16.8 Å². The smallest absolute Gasteiger partial charge is 0.121 e. The summed E-state index contributed by atoms with van der Waals surface area (Å²) in [5.41, 5.74) is 0.0873. The molecule has 0 radical (unpaired) electrons. The van der Waals surface area contributed by atoms with E-state index in [0.29, 0.717) is 22.2 Å². The average Bonchev–Trinajstić information content (AvgIpc) is 2.78. The maximum absolute atomic E-state index is 9.85. The fourth-order valence-corrected chi connectivity index (χ4v) is 1.66. The zero-order chi connectivity index (χ0) is 13.3. The van der Waals surface area contributed by atoms with Crippen molar-refractivity contribution in [1.82, 2.24) is 15.0 Å². The molecule has 1 N–H and O–H groups in total. The van der Waals surface area contributed by atoms with Crippen molar-refractivity contribution in [3.05, 3.63) is 35.1 Å². The number of benzene rings is 1. The molecule has 96 valence electrons. The molecule has 0 bridgehead atoms. The van der Waals surface area contributed by atoms with E-state index in [1.807, 2.05) is 0 Å². The topological polar surface area (TPSA) is 60.2 Å². The molecule has 0 saturated heterocycles. The van der Waals surface area contributed by atoms with Gasteiger partial charge >= 0.3 is 0 Å². The van der Waals surface area contributed by atoms with E-state index in [0.717, 1.165) is 0 Å². The van der Waals surface area contributed by atoms with Crippen molar-refractivity contribution in [2.24, 2.45) is 0 Å². The van der Waals surface area contributed by atoms with Gasteiger partial charge in [0.1, 0.15) is 17.0 Å². The molecule has 0 atom stereocenters. The summed E-state index contributed by atoms with van der Waals surface area (Å²) in [5.74, 6) is 0.676. The Hall–Kier alpha value is -1.59. The lowest BCUT2D eigenvalue weighted by atomic mass is 10.1. The molecule has 0 aliphatic rings. The molecule has 2 aromatic rings. The Kier molecular flexibility index (Phi) is 3.28. The molecule has 0 unspecified atom stereocenters. The van der Waals surface area contributed by atoms with Gasteiger partial charge in [0.2, 0.25) is 0 Å². The maximum Gasteiger partial charge on any atom is 0.121 e. The van der Waals surface area contributed by atoms with E-state index >= 15 is 0 Å². The minimum Gasteiger partial charge on any atom is -0.497 e. The van der Waals surface area contributed by atoms with Gasteiger partial charge in [0, 0.05) is 6.07 Å². The van der Waals surface area contributed by atoms with Crippen LogP contribution in [0.4, 0.5) is 0 Å². The van der Waals surface area contributed by atoms with Crippen LogP contribution in [0.1, 0.15) is 19.5 Å². The van der Waals surface area contributed by atoms with E-state index in [1.165, 1.54) is 4.68 Å². The molecule has 2 rings (SSSR count). The Bertz CT molecular complexity index is 561. The van der Waals surface area contributed by atoms with Crippen molar-refractivity contribution >= 4 is 11.6 Å². The third-order valence-electron chi connectivity index (χ3n) is 2.52. The number of halogens is 1. The van der Waals surface area contributed by atoms with Crippen LogP contribution in [0.2, 0.25) is 5.02 Å². The zero-order valence-corrected chi connectivity index (χ0v) is 11.1. The monoisotopic (exact) mass is 267 g/mol. The first-order valence-corrected chi connectivity index (χ1v) is 5.79. The minimum absolute atomic E-state index is 0.474. The predicted molar refractivity (Wildman–Crippen MR) is 68.2 cm³/mol. The summed E-state index contributed by atoms with van der Waals surface area (Å²) in [7, 11) is 1.58. The first kappa shape index (κ1) is 12.9. The summed E-state index contributed by atoms with van der Waals surface area (Å²) in [6, 6.07) is 5.24. The molecule has 18 heavy (non-hydrogen) atoms. The van der Waals surface area contributed by atoms with Crippen molar-refractivity contribution in [2.75, 3.05) is 7.11 Å². The third-order valence-corrected chi connectivity index (χ3v) is 2.84. The average molecular weight is 268 g/mol. The van der Waals surface area contributed by atoms with Crippen LogP contribution in [0.5, 0.6) is 5.75 Å². The van der Waals surface area contributed by atoms with Gasteiger partial charge in [0.25, 0.3) is 0 Å². The molecule has 0 aliphatic heterocycles. The lowest BCUT2D eigenvalue weighted by Gasteiger charge is -2.12. The van der Waals surface area contributed by atoms with Crippen LogP contribution in [0.15, 0.2) is 24.4 Å². The Morgan fingerprint density at radius 3 is 2.67 bits per heavy atom. The number of rotatable bonds is 3. The van der Waals surface area contributed by atoms with E-state index in [1.54, 1.807) is 45.4 Å². The Labute approximate surface area is 110 Å². The number of aromatic nitrogens is 3. The summed E-state index contributed by atoms with van der Waals surface area (Å²) in [6.45, 7) is 3.29. The molecule has 1 heterocycles. The lowest BCUT2D eigenvalue weighted by molar-refractivity contribution is 0.0737. The number of hydrogen-bond donors (Lipinski definition) is 1. The fraction of sp³-hybridized carbons (Fsp3) is 0.333. The number of nitrogens with zero attached hydrogens (tertiary/aromatic N) is 3. The summed E-state index contributed by atoms with van der Waals surface area (Å²) in [6.07, 6.45) is 1.64. The SMILES string of the molecule is COc1ccc(Cl)c(-n2cc(C(C)(C)O)nn2)c1. The van der Waals surface area contributed by atoms with E-state index < -0.39 is 5.60 Å².